The molecule has 0 saturated heterocycles. The molecule has 0 bridgehead atoms. The van der Waals surface area contributed by atoms with E-state index in [4.69, 9.17) is 0 Å². The van der Waals surface area contributed by atoms with Crippen molar-refractivity contribution in [1.29, 1.82) is 0 Å². The summed E-state index contributed by atoms with van der Waals surface area (Å²) in [6, 6.07) is 7.96. The molecule has 0 amide bonds. The summed E-state index contributed by atoms with van der Waals surface area (Å²) in [5.74, 6) is 0. The molecule has 1 aromatic carbocycles. The molecule has 0 aliphatic carbocycles. The van der Waals surface area contributed by atoms with Crippen molar-refractivity contribution in [3.8, 4) is 0 Å². The van der Waals surface area contributed by atoms with Crippen molar-refractivity contribution in [2.75, 3.05) is 0 Å². The monoisotopic (exact) mass is 216 g/mol. The highest BCUT2D eigenvalue weighted by Crippen LogP contribution is 2.26. The second-order valence-corrected chi connectivity index (χ2v) is 4.16. The van der Waals surface area contributed by atoms with Crippen molar-refractivity contribution in [1.82, 2.24) is 0 Å². The van der Waals surface area contributed by atoms with Gasteiger partial charge in [0.15, 0.2) is 0 Å². The number of rotatable bonds is 4. The first-order valence-electron chi connectivity index (χ1n) is 5.66. The number of allylic oxidation sites excluding steroid dienone is 1. The second kappa shape index (κ2) is 5.66. The lowest BCUT2D eigenvalue weighted by Gasteiger charge is -2.16. The summed E-state index contributed by atoms with van der Waals surface area (Å²) in [5, 5.41) is 10.2. The molecule has 1 atom stereocenters. The van der Waals surface area contributed by atoms with E-state index in [9.17, 15) is 5.11 Å². The van der Waals surface area contributed by atoms with Gasteiger partial charge in [-0.1, -0.05) is 55.0 Å². The zero-order valence-corrected chi connectivity index (χ0v) is 10.3. The molecule has 0 saturated carbocycles. The van der Waals surface area contributed by atoms with E-state index in [0.717, 1.165) is 23.1 Å². The SMILES string of the molecule is C=C(C)/C(=C\CC)[C@@H](O)c1ccc(C)cc1. The van der Waals surface area contributed by atoms with Crippen molar-refractivity contribution in [2.45, 2.75) is 33.3 Å². The maximum Gasteiger partial charge on any atom is 0.104 e. The van der Waals surface area contributed by atoms with Crippen molar-refractivity contribution < 1.29 is 5.11 Å². The van der Waals surface area contributed by atoms with Gasteiger partial charge in [-0.05, 0) is 31.4 Å². The lowest BCUT2D eigenvalue weighted by molar-refractivity contribution is 0.217. The van der Waals surface area contributed by atoms with Crippen LogP contribution in [0.15, 0.2) is 48.1 Å². The van der Waals surface area contributed by atoms with E-state index in [1.54, 1.807) is 0 Å². The number of aliphatic hydroxyl groups is 1. The fraction of sp³-hybridized carbons (Fsp3) is 0.333. The van der Waals surface area contributed by atoms with Crippen LogP contribution in [0.2, 0.25) is 0 Å². The molecule has 1 heteroatoms. The largest absolute Gasteiger partial charge is 0.384 e. The molecule has 86 valence electrons. The third-order valence-corrected chi connectivity index (χ3v) is 2.60. The molecular formula is C15H20O. The summed E-state index contributed by atoms with van der Waals surface area (Å²) >= 11 is 0. The van der Waals surface area contributed by atoms with Gasteiger partial charge < -0.3 is 5.11 Å². The third kappa shape index (κ3) is 3.07. The Bertz CT molecular complexity index is 384. The van der Waals surface area contributed by atoms with E-state index in [1.807, 2.05) is 44.2 Å². The smallest absolute Gasteiger partial charge is 0.104 e. The molecule has 0 heterocycles. The van der Waals surface area contributed by atoms with Crippen LogP contribution in [0.5, 0.6) is 0 Å². The third-order valence-electron chi connectivity index (χ3n) is 2.60. The normalized spacial score (nSPS) is 13.6. The summed E-state index contributed by atoms with van der Waals surface area (Å²) in [6.07, 6.45) is 2.39. The van der Waals surface area contributed by atoms with Gasteiger partial charge in [0.25, 0.3) is 0 Å². The summed E-state index contributed by atoms with van der Waals surface area (Å²) in [7, 11) is 0. The van der Waals surface area contributed by atoms with Gasteiger partial charge in [-0.15, -0.1) is 0 Å². The molecule has 0 aliphatic heterocycles. The second-order valence-electron chi connectivity index (χ2n) is 4.16. The van der Waals surface area contributed by atoms with Gasteiger partial charge in [0, 0.05) is 0 Å². The quantitative estimate of drug-likeness (QED) is 0.756. The Labute approximate surface area is 98.1 Å². The Balaban J connectivity index is 2.99. The minimum absolute atomic E-state index is 0.557. The van der Waals surface area contributed by atoms with Crippen LogP contribution >= 0.6 is 0 Å². The minimum Gasteiger partial charge on any atom is -0.384 e. The number of aryl methyl sites for hydroxylation is 1. The Morgan fingerprint density at radius 1 is 1.38 bits per heavy atom. The maximum atomic E-state index is 10.2. The summed E-state index contributed by atoms with van der Waals surface area (Å²) in [5.41, 5.74) is 3.97. The lowest BCUT2D eigenvalue weighted by atomic mass is 9.95. The van der Waals surface area contributed by atoms with E-state index in [1.165, 1.54) is 5.56 Å². The average molecular weight is 216 g/mol. The molecule has 0 aromatic heterocycles. The van der Waals surface area contributed by atoms with Gasteiger partial charge in [0.2, 0.25) is 0 Å². The highest BCUT2D eigenvalue weighted by Gasteiger charge is 2.13. The van der Waals surface area contributed by atoms with E-state index in [-0.39, 0.29) is 0 Å². The molecular weight excluding hydrogens is 196 g/mol. The molecule has 0 radical (unpaired) electrons. The van der Waals surface area contributed by atoms with E-state index < -0.39 is 6.10 Å². The van der Waals surface area contributed by atoms with Gasteiger partial charge in [0.1, 0.15) is 6.10 Å². The molecule has 1 aromatic rings. The zero-order chi connectivity index (χ0) is 12.1. The van der Waals surface area contributed by atoms with Crippen LogP contribution in [0.3, 0.4) is 0 Å². The Kier molecular flexibility index (Phi) is 4.51. The molecule has 1 N–H and O–H groups in total. The summed E-state index contributed by atoms with van der Waals surface area (Å²) < 4.78 is 0. The Hall–Kier alpha value is -1.34. The zero-order valence-electron chi connectivity index (χ0n) is 10.3. The predicted octanol–water partition coefficient (Wildman–Crippen LogP) is 3.94. The van der Waals surface area contributed by atoms with E-state index >= 15 is 0 Å². The first kappa shape index (κ1) is 12.7. The van der Waals surface area contributed by atoms with Gasteiger partial charge in [0.05, 0.1) is 0 Å². The first-order valence-corrected chi connectivity index (χ1v) is 5.66. The molecule has 0 spiro atoms. The molecule has 1 rings (SSSR count). The van der Waals surface area contributed by atoms with Gasteiger partial charge >= 0.3 is 0 Å². The number of benzene rings is 1. The van der Waals surface area contributed by atoms with Crippen LogP contribution in [0.4, 0.5) is 0 Å². The fourth-order valence-corrected chi connectivity index (χ4v) is 1.67. The van der Waals surface area contributed by atoms with Crippen LogP contribution < -0.4 is 0 Å². The van der Waals surface area contributed by atoms with Crippen LogP contribution in [-0.4, -0.2) is 5.11 Å². The first-order chi connectivity index (χ1) is 7.56. The molecule has 0 fully saturated rings. The van der Waals surface area contributed by atoms with Crippen LogP contribution in [-0.2, 0) is 0 Å². The number of hydrogen-bond acceptors (Lipinski definition) is 1. The minimum atomic E-state index is -0.557. The highest BCUT2D eigenvalue weighted by molar-refractivity contribution is 5.37. The standard InChI is InChI=1S/C15H20O/c1-5-6-14(11(2)3)15(16)13-9-7-12(4)8-10-13/h6-10,15-16H,2,5H2,1,3-4H3/b14-6+/t15-/m0/s1. The van der Waals surface area contributed by atoms with Crippen molar-refractivity contribution >= 4 is 0 Å². The van der Waals surface area contributed by atoms with Crippen molar-refractivity contribution in [3.63, 3.8) is 0 Å². The van der Waals surface area contributed by atoms with Gasteiger partial charge in [-0.2, -0.15) is 0 Å². The van der Waals surface area contributed by atoms with Crippen molar-refractivity contribution in [2.24, 2.45) is 0 Å². The lowest BCUT2D eigenvalue weighted by Crippen LogP contribution is -2.02. The number of hydrogen-bond donors (Lipinski definition) is 1. The highest BCUT2D eigenvalue weighted by atomic mass is 16.3. The summed E-state index contributed by atoms with van der Waals surface area (Å²) in [4.78, 5) is 0. The Morgan fingerprint density at radius 2 is 1.94 bits per heavy atom. The molecule has 0 aliphatic rings. The van der Waals surface area contributed by atoms with Crippen LogP contribution in [0.1, 0.15) is 37.5 Å². The molecule has 1 nitrogen and oxygen atoms in total. The molecule has 0 unspecified atom stereocenters. The van der Waals surface area contributed by atoms with Gasteiger partial charge in [-0.25, -0.2) is 0 Å². The predicted molar refractivity (Wildman–Crippen MR) is 69.3 cm³/mol. The maximum absolute atomic E-state index is 10.2. The van der Waals surface area contributed by atoms with E-state index in [0.29, 0.717) is 0 Å². The molecule has 16 heavy (non-hydrogen) atoms. The average Bonchev–Trinajstić information content (AvgIpc) is 2.25. The van der Waals surface area contributed by atoms with E-state index in [2.05, 4.69) is 13.5 Å². The number of aliphatic hydroxyl groups excluding tert-OH is 1. The van der Waals surface area contributed by atoms with Crippen LogP contribution in [0.25, 0.3) is 0 Å². The Morgan fingerprint density at radius 3 is 2.38 bits per heavy atom. The van der Waals surface area contributed by atoms with Crippen LogP contribution in [0, 0.1) is 6.92 Å². The van der Waals surface area contributed by atoms with Gasteiger partial charge in [-0.3, -0.25) is 0 Å². The summed E-state index contributed by atoms with van der Waals surface area (Å²) in [6.45, 7) is 9.94. The fourth-order valence-electron chi connectivity index (χ4n) is 1.67. The van der Waals surface area contributed by atoms with Crippen molar-refractivity contribution in [3.05, 3.63) is 59.2 Å². The topological polar surface area (TPSA) is 20.2 Å².